The van der Waals surface area contributed by atoms with E-state index in [1.165, 1.54) is 31.2 Å². The van der Waals surface area contributed by atoms with Crippen molar-refractivity contribution in [2.75, 3.05) is 13.2 Å². The topological polar surface area (TPSA) is 18.5 Å². The molecule has 0 amide bonds. The maximum Gasteiger partial charge on any atom is 0.160 e. The van der Waals surface area contributed by atoms with E-state index in [0.717, 1.165) is 24.7 Å². The summed E-state index contributed by atoms with van der Waals surface area (Å²) >= 11 is 5.98. The maximum absolute atomic E-state index is 5.99. The first-order valence-electron chi connectivity index (χ1n) is 8.91. The average Bonchev–Trinajstić information content (AvgIpc) is 2.61. The van der Waals surface area contributed by atoms with E-state index in [4.69, 9.17) is 21.1 Å². The average molecular weight is 335 g/mol. The van der Waals surface area contributed by atoms with Gasteiger partial charge in [-0.05, 0) is 55.7 Å². The Hall–Kier alpha value is -0.830. The van der Waals surface area contributed by atoms with Crippen LogP contribution in [-0.2, 0) is 9.47 Å². The Morgan fingerprint density at radius 2 is 1.70 bits per heavy atom. The second-order valence-corrected chi connectivity index (χ2v) is 7.23. The van der Waals surface area contributed by atoms with Gasteiger partial charge in [0.25, 0.3) is 0 Å². The van der Waals surface area contributed by atoms with Crippen LogP contribution >= 0.6 is 11.6 Å². The number of ether oxygens (including phenoxy) is 2. The second kappa shape index (κ2) is 8.32. The van der Waals surface area contributed by atoms with Crippen molar-refractivity contribution in [2.45, 2.75) is 51.2 Å². The molecule has 0 bridgehead atoms. The van der Waals surface area contributed by atoms with E-state index in [9.17, 15) is 0 Å². The molecule has 1 aliphatic heterocycles. The summed E-state index contributed by atoms with van der Waals surface area (Å²) in [4.78, 5) is 0. The summed E-state index contributed by atoms with van der Waals surface area (Å²) in [6.45, 7) is 3.76. The third kappa shape index (κ3) is 4.59. The Morgan fingerprint density at radius 1 is 1.04 bits per heavy atom. The molecule has 0 atom stereocenters. The summed E-state index contributed by atoms with van der Waals surface area (Å²) in [6, 6.07) is 8.35. The van der Waals surface area contributed by atoms with Gasteiger partial charge in [-0.3, -0.25) is 0 Å². The summed E-state index contributed by atoms with van der Waals surface area (Å²) in [5.74, 6) is 1.64. The number of rotatable bonds is 4. The number of hydrogen-bond donors (Lipinski definition) is 0. The lowest BCUT2D eigenvalue weighted by molar-refractivity contribution is -0.222. The van der Waals surface area contributed by atoms with Gasteiger partial charge in [0, 0.05) is 16.9 Å². The maximum atomic E-state index is 5.99. The van der Waals surface area contributed by atoms with E-state index < -0.39 is 0 Å². The standard InChI is InChI=1S/C20H27ClO2/c1-2-3-4-15-13-22-20(23-14-15)18-7-5-16(6-8-18)17-9-11-19(21)12-10-17/h3-4,9-12,15-16,18,20H,2,5-8,13-14H2,1H3/b4-3+/t15-,16-,18-,20-. The van der Waals surface area contributed by atoms with Crippen molar-refractivity contribution in [3.63, 3.8) is 0 Å². The Kier molecular flexibility index (Phi) is 6.15. The molecule has 1 aromatic rings. The van der Waals surface area contributed by atoms with E-state index >= 15 is 0 Å². The van der Waals surface area contributed by atoms with E-state index in [0.29, 0.717) is 17.8 Å². The van der Waals surface area contributed by atoms with Gasteiger partial charge >= 0.3 is 0 Å². The number of benzene rings is 1. The third-order valence-electron chi connectivity index (χ3n) is 5.09. The molecule has 0 radical (unpaired) electrons. The smallest absolute Gasteiger partial charge is 0.160 e. The SMILES string of the molecule is CC/C=C/[C@H]1CO[C@H]([C@H]2CC[C@H](c3ccc(Cl)cc3)CC2)OC1. The number of hydrogen-bond acceptors (Lipinski definition) is 2. The predicted molar refractivity (Wildman–Crippen MR) is 94.8 cm³/mol. The molecule has 1 aliphatic carbocycles. The van der Waals surface area contributed by atoms with Crippen molar-refractivity contribution >= 4 is 11.6 Å². The Bertz CT molecular complexity index is 495. The summed E-state index contributed by atoms with van der Waals surface area (Å²) in [5, 5.41) is 0.818. The van der Waals surface area contributed by atoms with E-state index in [1.807, 2.05) is 12.1 Å². The van der Waals surface area contributed by atoms with E-state index in [1.54, 1.807) is 0 Å². The molecule has 3 rings (SSSR count). The Morgan fingerprint density at radius 3 is 2.30 bits per heavy atom. The Balaban J connectivity index is 1.46. The van der Waals surface area contributed by atoms with Crippen LogP contribution in [-0.4, -0.2) is 19.5 Å². The highest BCUT2D eigenvalue weighted by Gasteiger charge is 2.32. The van der Waals surface area contributed by atoms with Crippen LogP contribution < -0.4 is 0 Å². The van der Waals surface area contributed by atoms with Gasteiger partial charge in [0.05, 0.1) is 13.2 Å². The minimum absolute atomic E-state index is 0.00689. The lowest BCUT2D eigenvalue weighted by Crippen LogP contribution is -2.37. The van der Waals surface area contributed by atoms with Crippen LogP contribution in [0, 0.1) is 11.8 Å². The van der Waals surface area contributed by atoms with Crippen LogP contribution in [0.2, 0.25) is 5.02 Å². The van der Waals surface area contributed by atoms with E-state index in [-0.39, 0.29) is 6.29 Å². The van der Waals surface area contributed by atoms with E-state index in [2.05, 4.69) is 31.2 Å². The molecule has 2 fully saturated rings. The van der Waals surface area contributed by atoms with Gasteiger partial charge in [0.1, 0.15) is 0 Å². The first-order valence-corrected chi connectivity index (χ1v) is 9.29. The van der Waals surface area contributed by atoms with Crippen molar-refractivity contribution in [3.8, 4) is 0 Å². The molecule has 1 aromatic carbocycles. The zero-order valence-electron chi connectivity index (χ0n) is 13.9. The zero-order valence-corrected chi connectivity index (χ0v) is 14.7. The minimum Gasteiger partial charge on any atom is -0.352 e. The van der Waals surface area contributed by atoms with Gasteiger partial charge in [-0.2, -0.15) is 0 Å². The highest BCUT2D eigenvalue weighted by atomic mass is 35.5. The van der Waals surface area contributed by atoms with Crippen LogP contribution in [0.3, 0.4) is 0 Å². The van der Waals surface area contributed by atoms with Crippen molar-refractivity contribution in [1.29, 1.82) is 0 Å². The molecule has 0 aromatic heterocycles. The van der Waals surface area contributed by atoms with Crippen LogP contribution in [0.25, 0.3) is 0 Å². The fraction of sp³-hybridized carbons (Fsp3) is 0.600. The molecule has 23 heavy (non-hydrogen) atoms. The summed E-state index contributed by atoms with van der Waals surface area (Å²) < 4.78 is 12.0. The molecule has 0 spiro atoms. The summed E-state index contributed by atoms with van der Waals surface area (Å²) in [5.41, 5.74) is 1.42. The molecular formula is C20H27ClO2. The van der Waals surface area contributed by atoms with Gasteiger partial charge in [-0.1, -0.05) is 42.8 Å². The van der Waals surface area contributed by atoms with Gasteiger partial charge in [0.15, 0.2) is 6.29 Å². The molecule has 2 nitrogen and oxygen atoms in total. The minimum atomic E-state index is 0.00689. The first-order chi connectivity index (χ1) is 11.3. The summed E-state index contributed by atoms with van der Waals surface area (Å²) in [7, 11) is 0. The lowest BCUT2D eigenvalue weighted by Gasteiger charge is -2.37. The molecule has 1 heterocycles. The van der Waals surface area contributed by atoms with Crippen LogP contribution in [0.5, 0.6) is 0 Å². The highest BCUT2D eigenvalue weighted by Crippen LogP contribution is 2.39. The van der Waals surface area contributed by atoms with Crippen LogP contribution in [0.1, 0.15) is 50.5 Å². The first kappa shape index (κ1) is 17.0. The fourth-order valence-electron chi connectivity index (χ4n) is 3.70. The number of halogens is 1. The molecule has 0 N–H and O–H groups in total. The molecule has 3 heteroatoms. The van der Waals surface area contributed by atoms with Gasteiger partial charge < -0.3 is 9.47 Å². The van der Waals surface area contributed by atoms with Gasteiger partial charge in [-0.15, -0.1) is 0 Å². The van der Waals surface area contributed by atoms with Crippen molar-refractivity contribution < 1.29 is 9.47 Å². The summed E-state index contributed by atoms with van der Waals surface area (Å²) in [6.07, 6.45) is 10.3. The van der Waals surface area contributed by atoms with Crippen molar-refractivity contribution in [3.05, 3.63) is 47.0 Å². The monoisotopic (exact) mass is 334 g/mol. The largest absolute Gasteiger partial charge is 0.352 e. The molecular weight excluding hydrogens is 308 g/mol. The normalized spacial score (nSPS) is 32.3. The van der Waals surface area contributed by atoms with Crippen molar-refractivity contribution in [2.24, 2.45) is 11.8 Å². The highest BCUT2D eigenvalue weighted by molar-refractivity contribution is 6.30. The number of allylic oxidation sites excluding steroid dienone is 1. The van der Waals surface area contributed by atoms with Crippen LogP contribution in [0.4, 0.5) is 0 Å². The quantitative estimate of drug-likeness (QED) is 0.670. The molecule has 1 saturated heterocycles. The molecule has 2 aliphatic rings. The van der Waals surface area contributed by atoms with Gasteiger partial charge in [-0.25, -0.2) is 0 Å². The van der Waals surface area contributed by atoms with Crippen molar-refractivity contribution in [1.82, 2.24) is 0 Å². The lowest BCUT2D eigenvalue weighted by atomic mass is 9.78. The second-order valence-electron chi connectivity index (χ2n) is 6.79. The van der Waals surface area contributed by atoms with Gasteiger partial charge in [0.2, 0.25) is 0 Å². The molecule has 1 saturated carbocycles. The Labute approximate surface area is 144 Å². The zero-order chi connectivity index (χ0) is 16.1. The molecule has 0 unspecified atom stereocenters. The fourth-order valence-corrected chi connectivity index (χ4v) is 3.83. The van der Waals surface area contributed by atoms with Crippen LogP contribution in [0.15, 0.2) is 36.4 Å². The molecule has 126 valence electrons. The third-order valence-corrected chi connectivity index (χ3v) is 5.34. The predicted octanol–water partition coefficient (Wildman–Crippen LogP) is 5.57.